The maximum absolute atomic E-state index is 13.2. The predicted molar refractivity (Wildman–Crippen MR) is 173 cm³/mol. The number of ether oxygens (including phenoxy) is 2. The quantitative estimate of drug-likeness (QED) is 0.0877. The van der Waals surface area contributed by atoms with Crippen molar-refractivity contribution in [3.63, 3.8) is 0 Å². The zero-order chi connectivity index (χ0) is 32.1. The predicted octanol–water partition coefficient (Wildman–Crippen LogP) is 5.52. The van der Waals surface area contributed by atoms with E-state index in [2.05, 4.69) is 15.8 Å². The van der Waals surface area contributed by atoms with Crippen molar-refractivity contribution >= 4 is 30.0 Å². The number of hydrogen-bond acceptors (Lipinski definition) is 7. The second-order valence-electron chi connectivity index (χ2n) is 9.98. The third-order valence-electron chi connectivity index (χ3n) is 6.75. The van der Waals surface area contributed by atoms with E-state index in [1.807, 2.05) is 60.7 Å². The third-order valence-corrected chi connectivity index (χ3v) is 6.75. The van der Waals surface area contributed by atoms with Gasteiger partial charge in [-0.15, -0.1) is 0 Å². The fourth-order valence-corrected chi connectivity index (χ4v) is 4.51. The molecule has 2 amide bonds. The minimum Gasteiger partial charge on any atom is -0.419 e. The fourth-order valence-electron chi connectivity index (χ4n) is 4.51. The van der Waals surface area contributed by atoms with Gasteiger partial charge in [0.1, 0.15) is 0 Å². The van der Waals surface area contributed by atoms with Gasteiger partial charge in [0.05, 0.1) is 29.8 Å². The molecule has 5 aromatic rings. The first-order valence-electron chi connectivity index (χ1n) is 14.4. The van der Waals surface area contributed by atoms with Crippen molar-refractivity contribution in [2.24, 2.45) is 5.10 Å². The summed E-state index contributed by atoms with van der Waals surface area (Å²) in [4.78, 5) is 51.2. The molecule has 0 aliphatic carbocycles. The summed E-state index contributed by atoms with van der Waals surface area (Å²) in [5, 5.41) is 6.66. The molecule has 9 heteroatoms. The van der Waals surface area contributed by atoms with E-state index in [-0.39, 0.29) is 24.0 Å². The molecule has 0 aliphatic rings. The van der Waals surface area contributed by atoms with Gasteiger partial charge >= 0.3 is 11.9 Å². The van der Waals surface area contributed by atoms with E-state index in [0.717, 1.165) is 11.1 Å². The molecular formula is C37H29N3O6. The highest BCUT2D eigenvalue weighted by atomic mass is 16.6. The molecule has 0 spiro atoms. The van der Waals surface area contributed by atoms with Crippen molar-refractivity contribution < 1.29 is 28.7 Å². The molecule has 0 saturated carbocycles. The summed E-state index contributed by atoms with van der Waals surface area (Å²) in [5.41, 5.74) is 5.04. The lowest BCUT2D eigenvalue weighted by Gasteiger charge is -2.17. The van der Waals surface area contributed by atoms with Gasteiger partial charge in [0.25, 0.3) is 5.91 Å². The van der Waals surface area contributed by atoms with Crippen molar-refractivity contribution in [3.05, 3.63) is 167 Å². The monoisotopic (exact) mass is 611 g/mol. The zero-order valence-corrected chi connectivity index (χ0v) is 24.5. The Hall–Kier alpha value is -6.35. The Morgan fingerprint density at radius 3 is 1.61 bits per heavy atom. The molecule has 0 bridgehead atoms. The van der Waals surface area contributed by atoms with Gasteiger partial charge in [-0.3, -0.25) is 9.59 Å². The summed E-state index contributed by atoms with van der Waals surface area (Å²) in [6.07, 6.45) is 1.33. The van der Waals surface area contributed by atoms with E-state index < -0.39 is 23.8 Å². The molecular weight excluding hydrogens is 582 g/mol. The van der Waals surface area contributed by atoms with Crippen LogP contribution in [-0.4, -0.2) is 36.5 Å². The van der Waals surface area contributed by atoms with Crippen LogP contribution in [0.25, 0.3) is 0 Å². The summed E-state index contributed by atoms with van der Waals surface area (Å²) >= 11 is 0. The normalized spacial score (nSPS) is 10.7. The number of amides is 2. The number of carbonyl (C=O) groups excluding carboxylic acids is 4. The van der Waals surface area contributed by atoms with E-state index in [0.29, 0.717) is 16.7 Å². The zero-order valence-electron chi connectivity index (χ0n) is 24.5. The SMILES string of the molecule is O=C(CNC(=O)C(c1ccccc1)c1ccccc1)N/N=C\c1ccc(OC(=O)c2ccccc2)c(OC(=O)c2ccccc2)c1. The van der Waals surface area contributed by atoms with Crippen LogP contribution in [0.2, 0.25) is 0 Å². The van der Waals surface area contributed by atoms with Crippen LogP contribution in [0.1, 0.15) is 43.3 Å². The molecule has 5 aromatic carbocycles. The molecule has 0 heterocycles. The van der Waals surface area contributed by atoms with Crippen LogP contribution in [0, 0.1) is 0 Å². The maximum Gasteiger partial charge on any atom is 0.343 e. The highest BCUT2D eigenvalue weighted by molar-refractivity contribution is 5.94. The molecule has 0 unspecified atom stereocenters. The van der Waals surface area contributed by atoms with Gasteiger partial charge in [0.2, 0.25) is 5.91 Å². The maximum atomic E-state index is 13.2. The smallest absolute Gasteiger partial charge is 0.343 e. The van der Waals surface area contributed by atoms with Crippen molar-refractivity contribution in [2.75, 3.05) is 6.54 Å². The van der Waals surface area contributed by atoms with Crippen LogP contribution < -0.4 is 20.2 Å². The van der Waals surface area contributed by atoms with E-state index >= 15 is 0 Å². The second kappa shape index (κ2) is 15.4. The number of hydrazone groups is 1. The lowest BCUT2D eigenvalue weighted by molar-refractivity contribution is -0.126. The first-order valence-corrected chi connectivity index (χ1v) is 14.4. The number of hydrogen-bond donors (Lipinski definition) is 2. The lowest BCUT2D eigenvalue weighted by Crippen LogP contribution is -2.37. The Morgan fingerprint density at radius 2 is 1.09 bits per heavy atom. The number of nitrogens with one attached hydrogen (secondary N) is 2. The standard InChI is InChI=1S/C37H29N3O6/c41-33(25-38-35(42)34(27-13-5-1-6-14-27)28-15-7-2-8-16-28)40-39-24-26-21-22-31(45-36(43)29-17-9-3-10-18-29)32(23-26)46-37(44)30-19-11-4-12-20-30/h1-24,34H,25H2,(H,38,42)(H,40,41)/b39-24-. The lowest BCUT2D eigenvalue weighted by atomic mass is 9.90. The third kappa shape index (κ3) is 8.39. The van der Waals surface area contributed by atoms with Gasteiger partial charge in [-0.1, -0.05) is 97.1 Å². The van der Waals surface area contributed by atoms with Crippen LogP contribution in [0.15, 0.2) is 145 Å². The fraction of sp³-hybridized carbons (Fsp3) is 0.0541. The van der Waals surface area contributed by atoms with Crippen molar-refractivity contribution in [1.29, 1.82) is 0 Å². The molecule has 46 heavy (non-hydrogen) atoms. The van der Waals surface area contributed by atoms with E-state index in [1.54, 1.807) is 66.7 Å². The summed E-state index contributed by atoms with van der Waals surface area (Å²) in [7, 11) is 0. The Bertz CT molecular complexity index is 1790. The van der Waals surface area contributed by atoms with Crippen LogP contribution in [-0.2, 0) is 9.59 Å². The molecule has 0 saturated heterocycles. The van der Waals surface area contributed by atoms with Gasteiger partial charge in [-0.25, -0.2) is 15.0 Å². The summed E-state index contributed by atoms with van der Waals surface area (Å²) in [5.74, 6) is -2.75. The van der Waals surface area contributed by atoms with Crippen LogP contribution in [0.3, 0.4) is 0 Å². The van der Waals surface area contributed by atoms with Gasteiger partial charge < -0.3 is 14.8 Å². The van der Waals surface area contributed by atoms with E-state index in [9.17, 15) is 19.2 Å². The molecule has 9 nitrogen and oxygen atoms in total. The number of esters is 2. The molecule has 0 atom stereocenters. The Morgan fingerprint density at radius 1 is 0.609 bits per heavy atom. The Kier molecular flexibility index (Phi) is 10.4. The molecule has 0 aliphatic heterocycles. The topological polar surface area (TPSA) is 123 Å². The molecule has 2 N–H and O–H groups in total. The van der Waals surface area contributed by atoms with E-state index in [1.165, 1.54) is 18.3 Å². The van der Waals surface area contributed by atoms with Gasteiger partial charge in [-0.05, 0) is 59.2 Å². The molecule has 0 fully saturated rings. The molecule has 228 valence electrons. The summed E-state index contributed by atoms with van der Waals surface area (Å²) < 4.78 is 11.1. The second-order valence-corrected chi connectivity index (χ2v) is 9.98. The van der Waals surface area contributed by atoms with Gasteiger partial charge in [0, 0.05) is 0 Å². The first-order chi connectivity index (χ1) is 22.5. The van der Waals surface area contributed by atoms with Gasteiger partial charge in [0.15, 0.2) is 11.5 Å². The minimum absolute atomic E-state index is 0.0199. The average Bonchev–Trinajstić information content (AvgIpc) is 3.10. The van der Waals surface area contributed by atoms with Gasteiger partial charge in [-0.2, -0.15) is 5.10 Å². The number of benzene rings is 5. The molecule has 5 rings (SSSR count). The van der Waals surface area contributed by atoms with Crippen LogP contribution >= 0.6 is 0 Å². The summed E-state index contributed by atoms with van der Waals surface area (Å²) in [6, 6.07) is 39.9. The molecule has 0 aromatic heterocycles. The van der Waals surface area contributed by atoms with Crippen molar-refractivity contribution in [3.8, 4) is 11.5 Å². The Labute approximate surface area is 265 Å². The number of nitrogens with zero attached hydrogens (tertiary/aromatic N) is 1. The summed E-state index contributed by atoms with van der Waals surface area (Å²) in [6.45, 7) is -0.305. The van der Waals surface area contributed by atoms with Crippen LogP contribution in [0.4, 0.5) is 0 Å². The first kappa shape index (κ1) is 31.1. The highest BCUT2D eigenvalue weighted by Gasteiger charge is 2.23. The Balaban J connectivity index is 1.25. The largest absolute Gasteiger partial charge is 0.419 e. The van der Waals surface area contributed by atoms with Crippen molar-refractivity contribution in [2.45, 2.75) is 5.92 Å². The van der Waals surface area contributed by atoms with E-state index in [4.69, 9.17) is 9.47 Å². The number of rotatable bonds is 11. The molecule has 0 radical (unpaired) electrons. The van der Waals surface area contributed by atoms with Crippen LogP contribution in [0.5, 0.6) is 11.5 Å². The van der Waals surface area contributed by atoms with Crippen molar-refractivity contribution in [1.82, 2.24) is 10.7 Å². The highest BCUT2D eigenvalue weighted by Crippen LogP contribution is 2.30. The number of carbonyl (C=O) groups is 4. The average molecular weight is 612 g/mol. The minimum atomic E-state index is -0.653.